The van der Waals surface area contributed by atoms with Crippen LogP contribution in [0.15, 0.2) is 12.7 Å². The molecule has 4 aliphatic rings. The van der Waals surface area contributed by atoms with E-state index in [1.807, 2.05) is 29.1 Å². The highest BCUT2D eigenvalue weighted by Gasteiger charge is 2.63. The van der Waals surface area contributed by atoms with Gasteiger partial charge in [-0.05, 0) is 104 Å². The summed E-state index contributed by atoms with van der Waals surface area (Å²) in [6.45, 7) is 8.96. The lowest BCUT2D eigenvalue weighted by Gasteiger charge is -2.62. The maximum Gasteiger partial charge on any atom is 0.266 e. The summed E-state index contributed by atoms with van der Waals surface area (Å²) in [6.07, 6.45) is 11.9. The van der Waals surface area contributed by atoms with Crippen molar-refractivity contribution in [1.29, 1.82) is 0 Å². The lowest BCUT2D eigenvalue weighted by atomic mass is 9.43. The Bertz CT molecular complexity index is 929. The minimum Gasteiger partial charge on any atom is -0.393 e. The van der Waals surface area contributed by atoms with Gasteiger partial charge in [0.1, 0.15) is 23.0 Å². The summed E-state index contributed by atoms with van der Waals surface area (Å²) >= 11 is 2.04. The van der Waals surface area contributed by atoms with Crippen LogP contribution in [0.4, 0.5) is 0 Å². The molecule has 206 valence electrons. The lowest BCUT2D eigenvalue weighted by Crippen LogP contribution is -2.58. The minimum atomic E-state index is -4.08. The van der Waals surface area contributed by atoms with E-state index in [0.29, 0.717) is 48.5 Å². The number of nitrogens with one attached hydrogen (secondary N) is 1. The summed E-state index contributed by atoms with van der Waals surface area (Å²) in [5.41, 5.74) is 0.418. The molecule has 9 heteroatoms. The van der Waals surface area contributed by atoms with Gasteiger partial charge in [0, 0.05) is 13.0 Å². The van der Waals surface area contributed by atoms with Crippen LogP contribution in [0.25, 0.3) is 0 Å². The molecule has 4 saturated carbocycles. The number of allylic oxidation sites excluding steroid dienone is 1. The second-order valence-electron chi connectivity index (χ2n) is 12.6. The van der Waals surface area contributed by atoms with Crippen LogP contribution in [0.5, 0.6) is 0 Å². The van der Waals surface area contributed by atoms with Gasteiger partial charge in [-0.1, -0.05) is 19.9 Å². The van der Waals surface area contributed by atoms with E-state index in [9.17, 15) is 18.3 Å². The molecule has 0 aromatic heterocycles. The van der Waals surface area contributed by atoms with Gasteiger partial charge in [0.15, 0.2) is 0 Å². The normalized spacial score (nSPS) is 43.1. The molecule has 7 nitrogen and oxygen atoms in total. The Morgan fingerprint density at radius 2 is 1.86 bits per heavy atom. The average Bonchev–Trinajstić information content (AvgIpc) is 3.16. The van der Waals surface area contributed by atoms with Crippen LogP contribution in [0.2, 0.25) is 0 Å². The predicted octanol–water partition coefficient (Wildman–Crippen LogP) is 4.94. The largest absolute Gasteiger partial charge is 0.393 e. The summed E-state index contributed by atoms with van der Waals surface area (Å²) in [4.78, 5) is 12.3. The topological polar surface area (TPSA) is 113 Å². The van der Waals surface area contributed by atoms with Crippen molar-refractivity contribution < 1.29 is 25.9 Å². The van der Waals surface area contributed by atoms with E-state index >= 15 is 0 Å². The monoisotopic (exact) mass is 637 g/mol. The smallest absolute Gasteiger partial charge is 0.266 e. The van der Waals surface area contributed by atoms with Gasteiger partial charge in [-0.15, -0.1) is 6.58 Å². The van der Waals surface area contributed by atoms with Crippen LogP contribution in [0.1, 0.15) is 78.1 Å². The number of carbonyl (C=O) groups excluding carboxylic acids is 1. The van der Waals surface area contributed by atoms with Gasteiger partial charge in [0.25, 0.3) is 10.1 Å². The number of halogens is 1. The Labute approximate surface area is 231 Å². The number of aliphatic hydroxyl groups excluding tert-OH is 1. The lowest BCUT2D eigenvalue weighted by molar-refractivity contribution is -0.170. The van der Waals surface area contributed by atoms with Gasteiger partial charge >= 0.3 is 0 Å². The summed E-state index contributed by atoms with van der Waals surface area (Å²) in [6, 6.07) is 0. The molecule has 4 fully saturated rings. The first-order valence-electron chi connectivity index (χ1n) is 13.7. The first-order valence-corrected chi connectivity index (χ1v) is 16.2. The zero-order chi connectivity index (χ0) is 26.3. The second-order valence-corrected chi connectivity index (χ2v) is 14.7. The van der Waals surface area contributed by atoms with E-state index in [1.165, 1.54) is 6.42 Å². The third-order valence-corrected chi connectivity index (χ3v) is 12.5. The fourth-order valence-corrected chi connectivity index (χ4v) is 10.0. The van der Waals surface area contributed by atoms with E-state index in [0.717, 1.165) is 44.9 Å². The summed E-state index contributed by atoms with van der Waals surface area (Å²) in [7, 11) is -4.08. The number of rotatable bonds is 9. The fraction of sp³-hybridized carbons (Fsp3) is 0.889. The Morgan fingerprint density at radius 1 is 1.17 bits per heavy atom. The third kappa shape index (κ3) is 5.56. The van der Waals surface area contributed by atoms with Crippen LogP contribution in [0.3, 0.4) is 0 Å². The fourth-order valence-electron chi connectivity index (χ4n) is 9.20. The number of carbonyl (C=O) groups is 1. The first kappa shape index (κ1) is 28.8. The summed E-state index contributed by atoms with van der Waals surface area (Å²) in [5.74, 6) is 1.93. The molecule has 0 heterocycles. The number of hydrogen-bond donors (Lipinski definition) is 3. The van der Waals surface area contributed by atoms with Crippen molar-refractivity contribution in [3.63, 3.8) is 0 Å². The van der Waals surface area contributed by atoms with E-state index in [-0.39, 0.29) is 35.3 Å². The molecule has 0 spiro atoms. The van der Waals surface area contributed by atoms with Gasteiger partial charge in [-0.25, -0.2) is 0 Å². The Hall–Kier alpha value is -0.230. The molecule has 0 bridgehead atoms. The quantitative estimate of drug-likeness (QED) is 0.188. The van der Waals surface area contributed by atoms with Crippen molar-refractivity contribution in [3.8, 4) is 0 Å². The Morgan fingerprint density at radius 3 is 2.53 bits per heavy atom. The van der Waals surface area contributed by atoms with Gasteiger partial charge in [0.05, 0.1) is 18.0 Å². The molecular weight excluding hydrogens is 593 g/mol. The van der Waals surface area contributed by atoms with E-state index in [1.54, 1.807) is 0 Å². The molecule has 4 rings (SSSR count). The number of amides is 1. The molecule has 0 aliphatic heterocycles. The average molecular weight is 638 g/mol. The molecule has 0 unspecified atom stereocenters. The first-order chi connectivity index (χ1) is 16.9. The van der Waals surface area contributed by atoms with Crippen LogP contribution in [-0.2, 0) is 18.0 Å². The number of fused-ring (bicyclic) bond motifs is 5. The zero-order valence-corrected chi connectivity index (χ0v) is 24.7. The van der Waals surface area contributed by atoms with Gasteiger partial charge < -0.3 is 13.5 Å². The molecule has 4 aliphatic carbocycles. The van der Waals surface area contributed by atoms with Crippen molar-refractivity contribution >= 4 is 39.0 Å². The van der Waals surface area contributed by atoms with E-state index < -0.39 is 15.9 Å². The minimum absolute atomic E-state index is 0.0783. The third-order valence-electron chi connectivity index (χ3n) is 11.0. The van der Waals surface area contributed by atoms with Crippen LogP contribution in [0, 0.1) is 46.3 Å². The van der Waals surface area contributed by atoms with Gasteiger partial charge in [0.2, 0.25) is 5.91 Å². The predicted molar refractivity (Wildman–Crippen MR) is 148 cm³/mol. The van der Waals surface area contributed by atoms with Gasteiger partial charge in [-0.2, -0.15) is 8.42 Å². The van der Waals surface area contributed by atoms with Crippen molar-refractivity contribution in [2.24, 2.45) is 46.3 Å². The number of hydrogen-bond acceptors (Lipinski definition) is 5. The van der Waals surface area contributed by atoms with Crippen LogP contribution in [-0.4, -0.2) is 48.5 Å². The maximum atomic E-state index is 12.3. The standard InChI is InChI=1S/C27H44INO6S/c1-4-17(5-8-24(31)29-13-14-36(32,33)34)20-6-7-21-25-22(10-12-27(20,21)3)26(2)11-9-19(35-28)15-18(26)16-23(25)30/h4,17-23,25,30H,1,5-16H2,2-3H3,(H,29,31)(H,32,33,34)/t17-,18+,19-,20-,21+,22+,23-,25+,26+,27-/m1/s1. The number of aliphatic hydroxyl groups is 1. The Balaban J connectivity index is 1.42. The van der Waals surface area contributed by atoms with Crippen molar-refractivity contribution in [1.82, 2.24) is 5.32 Å². The SMILES string of the molecule is C=C[C@H](CCC(=O)NCCS(=O)(=O)O)[C@H]1CC[C@H]2[C@@H]3[C@H](O)C[C@@H]4C[C@H](OI)CC[C@]4(C)[C@H]3CC[C@]12C. The highest BCUT2D eigenvalue weighted by atomic mass is 127. The van der Waals surface area contributed by atoms with Gasteiger partial charge in [-0.3, -0.25) is 9.35 Å². The second kappa shape index (κ2) is 11.1. The maximum absolute atomic E-state index is 12.3. The summed E-state index contributed by atoms with van der Waals surface area (Å²) < 4.78 is 36.3. The van der Waals surface area contributed by atoms with Crippen molar-refractivity contribution in [2.75, 3.05) is 12.3 Å². The van der Waals surface area contributed by atoms with E-state index in [4.69, 9.17) is 7.62 Å². The molecule has 10 atom stereocenters. The molecule has 0 saturated heterocycles. The highest BCUT2D eigenvalue weighted by molar-refractivity contribution is 14.1. The van der Waals surface area contributed by atoms with Crippen molar-refractivity contribution in [3.05, 3.63) is 12.7 Å². The molecule has 0 aromatic carbocycles. The molecular formula is C27H44INO6S. The molecule has 36 heavy (non-hydrogen) atoms. The van der Waals surface area contributed by atoms with Crippen LogP contribution < -0.4 is 5.32 Å². The summed E-state index contributed by atoms with van der Waals surface area (Å²) in [5, 5.41) is 14.1. The molecule has 0 aromatic rings. The zero-order valence-electron chi connectivity index (χ0n) is 21.7. The molecule has 3 N–H and O–H groups in total. The Kier molecular flexibility index (Phi) is 8.87. The van der Waals surface area contributed by atoms with Crippen LogP contribution >= 0.6 is 23.0 Å². The van der Waals surface area contributed by atoms with Crippen molar-refractivity contribution in [2.45, 2.75) is 90.3 Å². The molecule has 0 radical (unpaired) electrons. The highest BCUT2D eigenvalue weighted by Crippen LogP contribution is 2.68. The molecule has 1 amide bonds. The van der Waals surface area contributed by atoms with E-state index in [2.05, 4.69) is 25.7 Å².